The number of ether oxygens (including phenoxy) is 4. The van der Waals surface area contributed by atoms with Gasteiger partial charge >= 0.3 is 11.9 Å². The number of methoxy groups -OCH3 is 4. The lowest BCUT2D eigenvalue weighted by Crippen LogP contribution is -2.30. The van der Waals surface area contributed by atoms with Gasteiger partial charge in [0.1, 0.15) is 5.75 Å². The van der Waals surface area contributed by atoms with Crippen LogP contribution in [0.1, 0.15) is 11.5 Å². The third-order valence-corrected chi connectivity index (χ3v) is 4.43. The predicted molar refractivity (Wildman–Crippen MR) is 99.5 cm³/mol. The fourth-order valence-corrected chi connectivity index (χ4v) is 3.10. The minimum atomic E-state index is -0.688. The van der Waals surface area contributed by atoms with Crippen LogP contribution in [0.3, 0.4) is 0 Å². The quantitative estimate of drug-likeness (QED) is 0.656. The Bertz CT molecular complexity index is 739. The lowest BCUT2D eigenvalue weighted by Gasteiger charge is -2.30. The Kier molecular flexibility index (Phi) is 7.27. The lowest BCUT2D eigenvalue weighted by atomic mass is 9.83. The number of rotatable bonds is 7. The fraction of sp³-hybridized carbons (Fsp3) is 0.368. The largest absolute Gasteiger partial charge is 0.495 e. The maximum atomic E-state index is 12.4. The molecule has 1 heterocycles. The van der Waals surface area contributed by atoms with E-state index in [1.54, 1.807) is 42.6 Å². The van der Waals surface area contributed by atoms with Crippen molar-refractivity contribution in [1.29, 1.82) is 0 Å². The number of halogens is 1. The number of nitrogens with zero attached hydrogens (tertiary/aromatic N) is 1. The molecule has 0 aliphatic carbocycles. The SMILES string of the molecule is COCCN1C=C(C(=O)OC)C(c2ccc(OC)c(Cl)c2)C(C(=O)OC)=C1. The molecule has 0 unspecified atom stereocenters. The van der Waals surface area contributed by atoms with Gasteiger partial charge in [-0.3, -0.25) is 0 Å². The molecular weight excluding hydrogens is 374 g/mol. The Hall–Kier alpha value is -2.51. The third kappa shape index (κ3) is 4.61. The van der Waals surface area contributed by atoms with Crippen LogP contribution < -0.4 is 4.74 Å². The van der Waals surface area contributed by atoms with E-state index in [0.29, 0.717) is 29.5 Å². The van der Waals surface area contributed by atoms with Gasteiger partial charge in [0.15, 0.2) is 0 Å². The van der Waals surface area contributed by atoms with Gasteiger partial charge in [0.25, 0.3) is 0 Å². The van der Waals surface area contributed by atoms with Gasteiger partial charge in [-0.1, -0.05) is 17.7 Å². The van der Waals surface area contributed by atoms with Crippen molar-refractivity contribution in [3.05, 3.63) is 52.3 Å². The second-order valence-corrected chi connectivity index (χ2v) is 6.12. The monoisotopic (exact) mass is 395 g/mol. The van der Waals surface area contributed by atoms with Gasteiger partial charge in [-0.25, -0.2) is 9.59 Å². The van der Waals surface area contributed by atoms with Crippen molar-refractivity contribution in [1.82, 2.24) is 4.90 Å². The van der Waals surface area contributed by atoms with Crippen molar-refractivity contribution in [2.45, 2.75) is 5.92 Å². The number of hydrogen-bond acceptors (Lipinski definition) is 7. The number of hydrogen-bond donors (Lipinski definition) is 0. The number of benzene rings is 1. The van der Waals surface area contributed by atoms with Crippen molar-refractivity contribution in [2.75, 3.05) is 41.6 Å². The zero-order chi connectivity index (χ0) is 20.0. The van der Waals surface area contributed by atoms with Gasteiger partial charge in [0.05, 0.1) is 50.0 Å². The third-order valence-electron chi connectivity index (χ3n) is 4.14. The van der Waals surface area contributed by atoms with Gasteiger partial charge in [0.2, 0.25) is 0 Å². The van der Waals surface area contributed by atoms with Crippen LogP contribution >= 0.6 is 11.6 Å². The number of carbonyl (C=O) groups is 2. The maximum absolute atomic E-state index is 12.4. The first-order chi connectivity index (χ1) is 13.0. The molecule has 0 fully saturated rings. The van der Waals surface area contributed by atoms with E-state index in [-0.39, 0.29) is 11.1 Å². The average Bonchev–Trinajstić information content (AvgIpc) is 2.70. The summed E-state index contributed by atoms with van der Waals surface area (Å²) < 4.78 is 20.1. The van der Waals surface area contributed by atoms with Crippen molar-refractivity contribution < 1.29 is 28.5 Å². The molecule has 146 valence electrons. The number of esters is 2. The molecule has 0 spiro atoms. The molecule has 1 aliphatic rings. The molecule has 1 aromatic carbocycles. The highest BCUT2D eigenvalue weighted by molar-refractivity contribution is 6.32. The van der Waals surface area contributed by atoms with Crippen molar-refractivity contribution in [3.8, 4) is 5.75 Å². The zero-order valence-corrected chi connectivity index (χ0v) is 16.4. The molecule has 0 radical (unpaired) electrons. The molecule has 0 saturated carbocycles. The summed E-state index contributed by atoms with van der Waals surface area (Å²) in [6.07, 6.45) is 3.28. The molecule has 27 heavy (non-hydrogen) atoms. The first kappa shape index (κ1) is 20.8. The molecule has 1 aliphatic heterocycles. The summed E-state index contributed by atoms with van der Waals surface area (Å²) in [5, 5.41) is 0.366. The Morgan fingerprint density at radius 2 is 1.63 bits per heavy atom. The van der Waals surface area contributed by atoms with E-state index >= 15 is 0 Å². The van der Waals surface area contributed by atoms with Crippen LogP contribution in [0.5, 0.6) is 5.75 Å². The standard InChI is InChI=1S/C19H22ClNO6/c1-24-8-7-21-10-13(18(22)26-3)17(14(11-21)19(23)27-4)12-5-6-16(25-2)15(20)9-12/h5-6,9-11,17H,7-8H2,1-4H3. The Balaban J connectivity index is 2.57. The van der Waals surface area contributed by atoms with Crippen molar-refractivity contribution in [2.24, 2.45) is 0 Å². The molecule has 0 atom stereocenters. The molecular formula is C19H22ClNO6. The Labute approximate surface area is 163 Å². The minimum Gasteiger partial charge on any atom is -0.495 e. The maximum Gasteiger partial charge on any atom is 0.336 e. The van der Waals surface area contributed by atoms with Gasteiger partial charge in [-0.05, 0) is 17.7 Å². The second-order valence-electron chi connectivity index (χ2n) is 5.71. The van der Waals surface area contributed by atoms with E-state index in [2.05, 4.69) is 0 Å². The summed E-state index contributed by atoms with van der Waals surface area (Å²) in [5.41, 5.74) is 1.22. The van der Waals surface area contributed by atoms with Crippen LogP contribution in [0.2, 0.25) is 5.02 Å². The van der Waals surface area contributed by atoms with Crippen molar-refractivity contribution in [3.63, 3.8) is 0 Å². The molecule has 0 saturated heterocycles. The Morgan fingerprint density at radius 3 is 2.07 bits per heavy atom. The second kappa shape index (κ2) is 9.43. The summed E-state index contributed by atoms with van der Waals surface area (Å²) in [7, 11) is 5.66. The van der Waals surface area contributed by atoms with E-state index in [0.717, 1.165) is 0 Å². The summed E-state index contributed by atoms with van der Waals surface area (Å²) >= 11 is 6.25. The summed E-state index contributed by atoms with van der Waals surface area (Å²) in [6, 6.07) is 5.08. The highest BCUT2D eigenvalue weighted by Crippen LogP contribution is 2.39. The van der Waals surface area contributed by atoms with E-state index in [9.17, 15) is 9.59 Å². The van der Waals surface area contributed by atoms with Gasteiger partial charge in [0, 0.05) is 26.1 Å². The van der Waals surface area contributed by atoms with Crippen LogP contribution in [0.4, 0.5) is 0 Å². The highest BCUT2D eigenvalue weighted by Gasteiger charge is 2.35. The van der Waals surface area contributed by atoms with Crippen LogP contribution in [0.25, 0.3) is 0 Å². The molecule has 1 aromatic rings. The molecule has 0 amide bonds. The predicted octanol–water partition coefficient (Wildman–Crippen LogP) is 2.51. The molecule has 8 heteroatoms. The van der Waals surface area contributed by atoms with Gasteiger partial charge < -0.3 is 23.8 Å². The highest BCUT2D eigenvalue weighted by atomic mass is 35.5. The summed E-state index contributed by atoms with van der Waals surface area (Å²) in [6.45, 7) is 0.864. The number of carbonyl (C=O) groups excluding carboxylic acids is 2. The van der Waals surface area contributed by atoms with Crippen LogP contribution in [-0.4, -0.2) is 58.4 Å². The van der Waals surface area contributed by atoms with E-state index < -0.39 is 17.9 Å². The van der Waals surface area contributed by atoms with Crippen LogP contribution in [-0.2, 0) is 23.8 Å². The van der Waals surface area contributed by atoms with Gasteiger partial charge in [-0.2, -0.15) is 0 Å². The van der Waals surface area contributed by atoms with Crippen LogP contribution in [0, 0.1) is 0 Å². The van der Waals surface area contributed by atoms with E-state index in [1.807, 2.05) is 0 Å². The molecule has 7 nitrogen and oxygen atoms in total. The first-order valence-electron chi connectivity index (χ1n) is 8.15. The minimum absolute atomic E-state index is 0.290. The summed E-state index contributed by atoms with van der Waals surface area (Å²) in [5.74, 6) is -1.30. The topological polar surface area (TPSA) is 74.3 Å². The molecule has 2 rings (SSSR count). The summed E-state index contributed by atoms with van der Waals surface area (Å²) in [4.78, 5) is 26.6. The smallest absolute Gasteiger partial charge is 0.336 e. The molecule has 0 bridgehead atoms. The normalized spacial score (nSPS) is 14.3. The van der Waals surface area contributed by atoms with Gasteiger partial charge in [-0.15, -0.1) is 0 Å². The lowest BCUT2D eigenvalue weighted by molar-refractivity contribution is -0.137. The van der Waals surface area contributed by atoms with E-state index in [4.69, 9.17) is 30.5 Å². The Morgan fingerprint density at radius 1 is 1.04 bits per heavy atom. The van der Waals surface area contributed by atoms with Crippen LogP contribution in [0.15, 0.2) is 41.7 Å². The molecule has 0 aromatic heterocycles. The van der Waals surface area contributed by atoms with E-state index in [1.165, 1.54) is 21.3 Å². The fourth-order valence-electron chi connectivity index (χ4n) is 2.84. The van der Waals surface area contributed by atoms with Crippen molar-refractivity contribution >= 4 is 23.5 Å². The zero-order valence-electron chi connectivity index (χ0n) is 15.7. The average molecular weight is 396 g/mol. The first-order valence-corrected chi connectivity index (χ1v) is 8.52. The molecule has 0 N–H and O–H groups in total.